The predicted octanol–water partition coefficient (Wildman–Crippen LogP) is 5.36. The molecule has 10 nitrogen and oxygen atoms in total. The molecular weight excluding hydrogens is 561 g/mol. The summed E-state index contributed by atoms with van der Waals surface area (Å²) in [5.41, 5.74) is 4.41. The Labute approximate surface area is 254 Å². The average molecular weight is 594 g/mol. The second-order valence-electron chi connectivity index (χ2n) is 11.0. The van der Waals surface area contributed by atoms with Crippen molar-refractivity contribution in [2.45, 2.75) is 51.9 Å². The van der Waals surface area contributed by atoms with Gasteiger partial charge in [-0.25, -0.2) is 24.1 Å². The number of hydrogen-bond acceptors (Lipinski definition) is 7. The third kappa shape index (κ3) is 6.16. The van der Waals surface area contributed by atoms with Gasteiger partial charge in [-0.05, 0) is 69.3 Å². The van der Waals surface area contributed by atoms with Crippen molar-refractivity contribution in [3.63, 3.8) is 0 Å². The number of imidazole rings is 2. The van der Waals surface area contributed by atoms with E-state index in [2.05, 4.69) is 25.9 Å². The van der Waals surface area contributed by atoms with E-state index in [1.165, 1.54) is 6.07 Å². The van der Waals surface area contributed by atoms with Crippen LogP contribution in [0.2, 0.25) is 0 Å². The first-order valence-corrected chi connectivity index (χ1v) is 14.6. The number of ether oxygens (including phenoxy) is 1. The number of aromatic carboxylic acids is 1. The lowest BCUT2D eigenvalue weighted by Gasteiger charge is -2.31. The lowest BCUT2D eigenvalue weighted by molar-refractivity contribution is 0.0697. The molecule has 1 N–H and O–H groups in total. The number of nitrogens with zero attached hydrogens (tertiary/aromatic N) is 7. The zero-order chi connectivity index (χ0) is 30.6. The number of carboxylic acids is 1. The molecule has 11 heteroatoms. The minimum absolute atomic E-state index is 0.0282. The number of hydrogen-bond donors (Lipinski definition) is 1. The first kappa shape index (κ1) is 29.0. The van der Waals surface area contributed by atoms with E-state index in [0.717, 1.165) is 60.7 Å². The topological polar surface area (TPSA) is 122 Å². The highest BCUT2D eigenvalue weighted by atomic mass is 19.1. The molecule has 5 aromatic rings. The first-order chi connectivity index (χ1) is 21.4. The fourth-order valence-electron chi connectivity index (χ4n) is 5.74. The number of halogens is 1. The van der Waals surface area contributed by atoms with Gasteiger partial charge in [-0.15, -0.1) is 0 Å². The van der Waals surface area contributed by atoms with Crippen LogP contribution in [0.1, 0.15) is 64.4 Å². The van der Waals surface area contributed by atoms with E-state index in [4.69, 9.17) is 20.0 Å². The fraction of sp³-hybridized carbons (Fsp3) is 0.303. The molecule has 0 unspecified atom stereocenters. The number of carboxylic acid groups (broad SMARTS) is 1. The molecule has 6 rings (SSSR count). The summed E-state index contributed by atoms with van der Waals surface area (Å²) in [5, 5.41) is 18.6. The zero-order valence-corrected chi connectivity index (χ0v) is 24.4. The Balaban J connectivity index is 1.14. The predicted molar refractivity (Wildman–Crippen MR) is 161 cm³/mol. The van der Waals surface area contributed by atoms with Crippen molar-refractivity contribution in [1.82, 2.24) is 29.0 Å². The van der Waals surface area contributed by atoms with Crippen molar-refractivity contribution in [2.75, 3.05) is 13.1 Å². The highest BCUT2D eigenvalue weighted by molar-refractivity contribution is 5.92. The van der Waals surface area contributed by atoms with Gasteiger partial charge in [-0.1, -0.05) is 12.1 Å². The maximum atomic E-state index is 14.3. The molecule has 224 valence electrons. The fourth-order valence-corrected chi connectivity index (χ4v) is 5.74. The van der Waals surface area contributed by atoms with Crippen LogP contribution in [0.5, 0.6) is 5.88 Å². The molecule has 2 aromatic carbocycles. The molecule has 3 aromatic heterocycles. The molecule has 1 aliphatic rings. The van der Waals surface area contributed by atoms with Gasteiger partial charge < -0.3 is 19.0 Å². The highest BCUT2D eigenvalue weighted by Crippen LogP contribution is 2.30. The Kier molecular flexibility index (Phi) is 8.34. The minimum atomic E-state index is -0.966. The number of rotatable bonds is 10. The van der Waals surface area contributed by atoms with Crippen molar-refractivity contribution >= 4 is 17.0 Å². The van der Waals surface area contributed by atoms with Gasteiger partial charge >= 0.3 is 5.97 Å². The molecular formula is C33H32FN7O3. The SMILES string of the molecule is CCn1cncc1Cn1c(CN2CCC(c3cccc(OCc4ccc(C#N)cc4F)n3)CC2)nc2ccc(C(=O)O)cc21. The zero-order valence-electron chi connectivity index (χ0n) is 24.4. The van der Waals surface area contributed by atoms with Crippen LogP contribution in [0.25, 0.3) is 11.0 Å². The minimum Gasteiger partial charge on any atom is -0.478 e. The van der Waals surface area contributed by atoms with Gasteiger partial charge in [0.2, 0.25) is 5.88 Å². The molecule has 1 aliphatic heterocycles. The summed E-state index contributed by atoms with van der Waals surface area (Å²) in [5.74, 6) is 0.144. The van der Waals surface area contributed by atoms with E-state index in [9.17, 15) is 14.3 Å². The summed E-state index contributed by atoms with van der Waals surface area (Å²) >= 11 is 0. The normalized spacial score (nSPS) is 14.1. The van der Waals surface area contributed by atoms with Crippen LogP contribution >= 0.6 is 0 Å². The number of fused-ring (bicyclic) bond motifs is 1. The van der Waals surface area contributed by atoms with Crippen LogP contribution in [-0.2, 0) is 26.2 Å². The number of aromatic nitrogens is 5. The van der Waals surface area contributed by atoms with Gasteiger partial charge in [0.25, 0.3) is 0 Å². The molecule has 0 bridgehead atoms. The third-order valence-electron chi connectivity index (χ3n) is 8.21. The lowest BCUT2D eigenvalue weighted by Crippen LogP contribution is -2.33. The van der Waals surface area contributed by atoms with Gasteiger partial charge in [-0.3, -0.25) is 4.90 Å². The Bertz CT molecular complexity index is 1850. The summed E-state index contributed by atoms with van der Waals surface area (Å²) in [6, 6.07) is 17.0. The molecule has 0 amide bonds. The van der Waals surface area contributed by atoms with Gasteiger partial charge in [0.05, 0.1) is 53.3 Å². The Hall–Kier alpha value is -5.08. The van der Waals surface area contributed by atoms with Crippen LogP contribution < -0.4 is 4.74 Å². The number of likely N-dealkylation sites (tertiary alicyclic amines) is 1. The molecule has 0 saturated carbocycles. The van der Waals surface area contributed by atoms with Crippen LogP contribution in [0.3, 0.4) is 0 Å². The summed E-state index contributed by atoms with van der Waals surface area (Å²) in [6.07, 6.45) is 5.47. The second-order valence-corrected chi connectivity index (χ2v) is 11.0. The lowest BCUT2D eigenvalue weighted by atomic mass is 9.93. The van der Waals surface area contributed by atoms with Crippen molar-refractivity contribution < 1.29 is 19.0 Å². The average Bonchev–Trinajstić information content (AvgIpc) is 3.64. The number of aryl methyl sites for hydroxylation is 1. The Morgan fingerprint density at radius 1 is 1.11 bits per heavy atom. The van der Waals surface area contributed by atoms with Crippen molar-refractivity contribution in [3.8, 4) is 11.9 Å². The smallest absolute Gasteiger partial charge is 0.335 e. The summed E-state index contributed by atoms with van der Waals surface area (Å²) < 4.78 is 24.3. The Morgan fingerprint density at radius 3 is 2.70 bits per heavy atom. The molecule has 44 heavy (non-hydrogen) atoms. The van der Waals surface area contributed by atoms with E-state index < -0.39 is 11.8 Å². The number of piperidine rings is 1. The first-order valence-electron chi connectivity index (χ1n) is 14.6. The molecule has 1 fully saturated rings. The molecule has 4 heterocycles. The van der Waals surface area contributed by atoms with E-state index in [-0.39, 0.29) is 23.7 Å². The van der Waals surface area contributed by atoms with Gasteiger partial charge in [0.1, 0.15) is 18.2 Å². The number of benzene rings is 2. The van der Waals surface area contributed by atoms with Crippen LogP contribution in [0.4, 0.5) is 4.39 Å². The van der Waals surface area contributed by atoms with Crippen LogP contribution in [0, 0.1) is 17.1 Å². The van der Waals surface area contributed by atoms with Crippen molar-refractivity contribution in [2.24, 2.45) is 0 Å². The number of pyridine rings is 1. The van der Waals surface area contributed by atoms with E-state index in [1.807, 2.05) is 24.4 Å². The van der Waals surface area contributed by atoms with Crippen LogP contribution in [0.15, 0.2) is 67.1 Å². The van der Waals surface area contributed by atoms with E-state index >= 15 is 0 Å². The van der Waals surface area contributed by atoms with Gasteiger partial charge in [-0.2, -0.15) is 5.26 Å². The monoisotopic (exact) mass is 593 g/mol. The van der Waals surface area contributed by atoms with Gasteiger partial charge in [0.15, 0.2) is 0 Å². The van der Waals surface area contributed by atoms with E-state index in [0.29, 0.717) is 24.5 Å². The maximum absolute atomic E-state index is 14.3. The maximum Gasteiger partial charge on any atom is 0.335 e. The summed E-state index contributed by atoms with van der Waals surface area (Å²) in [7, 11) is 0. The summed E-state index contributed by atoms with van der Waals surface area (Å²) in [6.45, 7) is 5.77. The molecule has 0 atom stereocenters. The molecule has 1 saturated heterocycles. The molecule has 0 aliphatic carbocycles. The van der Waals surface area contributed by atoms with Crippen molar-refractivity contribution in [3.05, 3.63) is 107 Å². The third-order valence-corrected chi connectivity index (χ3v) is 8.21. The Morgan fingerprint density at radius 2 is 1.95 bits per heavy atom. The standard InChI is InChI=1S/C33H32FN7O3/c1-2-40-21-36-17-26(40)18-41-30-15-24(33(42)43)8-9-29(30)37-31(41)19-39-12-10-23(11-13-39)28-4-3-5-32(38-28)44-20-25-7-6-22(16-35)14-27(25)34/h3-9,14-15,17,21,23H,2,10-13,18-20H2,1H3,(H,42,43). The quantitative estimate of drug-likeness (QED) is 0.230. The van der Waals surface area contributed by atoms with Crippen molar-refractivity contribution in [1.29, 1.82) is 5.26 Å². The highest BCUT2D eigenvalue weighted by Gasteiger charge is 2.24. The second kappa shape index (κ2) is 12.7. The molecule has 0 radical (unpaired) electrons. The summed E-state index contributed by atoms with van der Waals surface area (Å²) in [4.78, 5) is 28.0. The number of nitriles is 1. The van der Waals surface area contributed by atoms with E-state index in [1.54, 1.807) is 42.7 Å². The van der Waals surface area contributed by atoms with Crippen LogP contribution in [-0.4, -0.2) is 53.2 Å². The largest absolute Gasteiger partial charge is 0.478 e. The molecule has 0 spiro atoms. The number of carbonyl (C=O) groups is 1. The van der Waals surface area contributed by atoms with Gasteiger partial charge in [0, 0.05) is 36.0 Å².